The Morgan fingerprint density at radius 3 is 2.50 bits per heavy atom. The number of carbonyl (C=O) groups is 2. The van der Waals surface area contributed by atoms with Crippen molar-refractivity contribution < 1.29 is 19.8 Å². The first-order valence-corrected chi connectivity index (χ1v) is 11.6. The van der Waals surface area contributed by atoms with Gasteiger partial charge in [0.2, 0.25) is 0 Å². The first kappa shape index (κ1) is 23.3. The number of carboxylic acid groups (broad SMARTS) is 2. The van der Waals surface area contributed by atoms with Gasteiger partial charge in [0.1, 0.15) is 0 Å². The van der Waals surface area contributed by atoms with E-state index < -0.39 is 11.9 Å². The molecule has 1 atom stereocenters. The van der Waals surface area contributed by atoms with Crippen molar-refractivity contribution in [3.05, 3.63) is 93.2 Å². The van der Waals surface area contributed by atoms with Crippen molar-refractivity contribution in [3.8, 4) is 11.3 Å². The van der Waals surface area contributed by atoms with Crippen LogP contribution in [0.15, 0.2) is 70.8 Å². The van der Waals surface area contributed by atoms with Gasteiger partial charge < -0.3 is 15.5 Å². The third-order valence-electron chi connectivity index (χ3n) is 5.61. The van der Waals surface area contributed by atoms with Crippen LogP contribution in [0.2, 0.25) is 0 Å². The predicted molar refractivity (Wildman–Crippen MR) is 129 cm³/mol. The van der Waals surface area contributed by atoms with Crippen molar-refractivity contribution in [1.82, 2.24) is 14.7 Å². The lowest BCUT2D eigenvalue weighted by Crippen LogP contribution is -2.26. The Labute approximate surface area is 199 Å². The fourth-order valence-corrected chi connectivity index (χ4v) is 4.98. The van der Waals surface area contributed by atoms with Gasteiger partial charge in [0.05, 0.1) is 11.4 Å². The van der Waals surface area contributed by atoms with E-state index in [1.54, 1.807) is 10.5 Å². The Kier molecular flexibility index (Phi) is 7.15. The van der Waals surface area contributed by atoms with E-state index in [-0.39, 0.29) is 5.56 Å². The molecule has 0 radical (unpaired) electrons. The summed E-state index contributed by atoms with van der Waals surface area (Å²) in [4.78, 5) is 36.5. The van der Waals surface area contributed by atoms with Crippen LogP contribution >= 0.6 is 11.3 Å². The Balaban J connectivity index is 0.000000408. The van der Waals surface area contributed by atoms with Crippen LogP contribution in [0.4, 0.5) is 0 Å². The highest BCUT2D eigenvalue weighted by Gasteiger charge is 2.19. The number of rotatable bonds is 4. The third kappa shape index (κ3) is 5.22. The summed E-state index contributed by atoms with van der Waals surface area (Å²) in [5.41, 5.74) is 5.52. The fourth-order valence-electron chi connectivity index (χ4n) is 4.06. The summed E-state index contributed by atoms with van der Waals surface area (Å²) in [5, 5.41) is 20.4. The second kappa shape index (κ2) is 10.4. The average Bonchev–Trinajstić information content (AvgIpc) is 3.28. The summed E-state index contributed by atoms with van der Waals surface area (Å²) in [6, 6.07) is 20.6. The number of thiazole rings is 1. The lowest BCUT2D eigenvalue weighted by molar-refractivity contribution is -0.159. The number of nitrogens with zero attached hydrogens (tertiary/aromatic N) is 2. The lowest BCUT2D eigenvalue weighted by Gasteiger charge is -2.26. The average molecular weight is 478 g/mol. The molecular weight excluding hydrogens is 454 g/mol. The van der Waals surface area contributed by atoms with Crippen molar-refractivity contribution in [2.45, 2.75) is 31.8 Å². The standard InChI is InChI=1S/C23H21N3OS.C2H2O4/c27-22-13-18(14-24-20-12-6-10-16-7-4-5-11-19(16)20)25-23-26(22)21(15-28-23)17-8-2-1-3-9-17;3-1(4)2(5)6/h1-5,7-9,11,13,15,20,24H,6,10,12,14H2;(H,3,4)(H,5,6). The summed E-state index contributed by atoms with van der Waals surface area (Å²) >= 11 is 1.51. The van der Waals surface area contributed by atoms with Gasteiger partial charge in [0.15, 0.2) is 4.96 Å². The molecular formula is C25H23N3O5S. The van der Waals surface area contributed by atoms with Gasteiger partial charge in [-0.1, -0.05) is 54.6 Å². The molecule has 1 aliphatic carbocycles. The van der Waals surface area contributed by atoms with Crippen molar-refractivity contribution >= 4 is 28.2 Å². The zero-order valence-corrected chi connectivity index (χ0v) is 19.0. The molecule has 0 bridgehead atoms. The van der Waals surface area contributed by atoms with E-state index in [1.165, 1.54) is 28.9 Å². The summed E-state index contributed by atoms with van der Waals surface area (Å²) < 4.78 is 1.71. The second-order valence-corrected chi connectivity index (χ2v) is 8.66. The highest BCUT2D eigenvalue weighted by atomic mass is 32.1. The van der Waals surface area contributed by atoms with Crippen molar-refractivity contribution in [1.29, 1.82) is 0 Å². The molecule has 4 aromatic rings. The smallest absolute Gasteiger partial charge is 0.414 e. The largest absolute Gasteiger partial charge is 0.473 e. The van der Waals surface area contributed by atoms with Crippen LogP contribution in [0, 0.1) is 0 Å². The summed E-state index contributed by atoms with van der Waals surface area (Å²) in [7, 11) is 0. The van der Waals surface area contributed by atoms with Gasteiger partial charge in [-0.15, -0.1) is 11.3 Å². The van der Waals surface area contributed by atoms with E-state index in [9.17, 15) is 4.79 Å². The summed E-state index contributed by atoms with van der Waals surface area (Å²) in [6.45, 7) is 0.601. The topological polar surface area (TPSA) is 121 Å². The maximum Gasteiger partial charge on any atom is 0.414 e. The number of aromatic nitrogens is 2. The van der Waals surface area contributed by atoms with Crippen molar-refractivity contribution in [3.63, 3.8) is 0 Å². The van der Waals surface area contributed by atoms with E-state index in [0.717, 1.165) is 34.8 Å². The SMILES string of the molecule is O=C(O)C(=O)O.O=c1cc(CNC2CCCc3ccccc32)nc2scc(-c3ccccc3)n12. The third-order valence-corrected chi connectivity index (χ3v) is 6.44. The Hall–Kier alpha value is -3.82. The monoisotopic (exact) mass is 477 g/mol. The molecule has 5 rings (SSSR count). The maximum atomic E-state index is 12.8. The molecule has 0 saturated heterocycles. The van der Waals surface area contributed by atoms with Crippen LogP contribution in [-0.4, -0.2) is 31.5 Å². The van der Waals surface area contributed by atoms with Gasteiger partial charge in [0.25, 0.3) is 5.56 Å². The number of aliphatic carboxylic acids is 2. The molecule has 1 unspecified atom stereocenters. The van der Waals surface area contributed by atoms with E-state index >= 15 is 0 Å². The first-order valence-electron chi connectivity index (χ1n) is 10.8. The fraction of sp³-hybridized carbons (Fsp3) is 0.200. The molecule has 0 amide bonds. The van der Waals surface area contributed by atoms with Crippen molar-refractivity contribution in [2.75, 3.05) is 0 Å². The van der Waals surface area contributed by atoms with E-state index in [0.29, 0.717) is 12.6 Å². The van der Waals surface area contributed by atoms with Crippen LogP contribution < -0.4 is 10.9 Å². The second-order valence-electron chi connectivity index (χ2n) is 7.83. The minimum Gasteiger partial charge on any atom is -0.473 e. The molecule has 0 spiro atoms. The number of aryl methyl sites for hydroxylation is 1. The molecule has 34 heavy (non-hydrogen) atoms. The van der Waals surface area contributed by atoms with Crippen LogP contribution in [0.3, 0.4) is 0 Å². The molecule has 0 saturated carbocycles. The minimum absolute atomic E-state index is 0.0223. The predicted octanol–water partition coefficient (Wildman–Crippen LogP) is 3.75. The minimum atomic E-state index is -1.82. The molecule has 0 fully saturated rings. The highest BCUT2D eigenvalue weighted by molar-refractivity contribution is 7.15. The molecule has 9 heteroatoms. The Morgan fingerprint density at radius 2 is 1.76 bits per heavy atom. The van der Waals surface area contributed by atoms with Crippen LogP contribution in [0.1, 0.15) is 35.7 Å². The molecule has 174 valence electrons. The van der Waals surface area contributed by atoms with Crippen LogP contribution in [-0.2, 0) is 22.6 Å². The molecule has 1 aliphatic rings. The van der Waals surface area contributed by atoms with Gasteiger partial charge in [-0.05, 0) is 36.0 Å². The van der Waals surface area contributed by atoms with Gasteiger partial charge in [-0.25, -0.2) is 14.6 Å². The first-order chi connectivity index (χ1) is 16.4. The molecule has 8 nitrogen and oxygen atoms in total. The number of nitrogens with one attached hydrogen (secondary N) is 1. The Bertz CT molecular complexity index is 1370. The molecule has 2 aromatic heterocycles. The molecule has 2 aromatic carbocycles. The quantitative estimate of drug-likeness (QED) is 0.383. The Morgan fingerprint density at radius 1 is 1.06 bits per heavy atom. The van der Waals surface area contributed by atoms with E-state index in [4.69, 9.17) is 24.8 Å². The summed E-state index contributed by atoms with van der Waals surface area (Å²) in [6.07, 6.45) is 3.46. The molecule has 2 heterocycles. The highest BCUT2D eigenvalue weighted by Crippen LogP contribution is 2.29. The number of fused-ring (bicyclic) bond motifs is 2. The molecule has 0 aliphatic heterocycles. The number of hydrogen-bond donors (Lipinski definition) is 3. The number of benzene rings is 2. The van der Waals surface area contributed by atoms with Gasteiger partial charge >= 0.3 is 11.9 Å². The van der Waals surface area contributed by atoms with E-state index in [1.807, 2.05) is 35.7 Å². The van der Waals surface area contributed by atoms with E-state index in [2.05, 4.69) is 29.6 Å². The zero-order chi connectivity index (χ0) is 24.1. The van der Waals surface area contributed by atoms with Crippen LogP contribution in [0.25, 0.3) is 16.2 Å². The van der Waals surface area contributed by atoms with Gasteiger partial charge in [0, 0.05) is 24.0 Å². The van der Waals surface area contributed by atoms with Gasteiger partial charge in [-0.2, -0.15) is 0 Å². The maximum absolute atomic E-state index is 12.8. The van der Waals surface area contributed by atoms with Crippen molar-refractivity contribution in [2.24, 2.45) is 0 Å². The van der Waals surface area contributed by atoms with Gasteiger partial charge in [-0.3, -0.25) is 9.20 Å². The normalized spacial score (nSPS) is 14.6. The number of carboxylic acids is 2. The lowest BCUT2D eigenvalue weighted by atomic mass is 9.88. The number of hydrogen-bond acceptors (Lipinski definition) is 6. The zero-order valence-electron chi connectivity index (χ0n) is 18.2. The van der Waals surface area contributed by atoms with Crippen LogP contribution in [0.5, 0.6) is 0 Å². The summed E-state index contributed by atoms with van der Waals surface area (Å²) in [5.74, 6) is -3.65. The molecule has 3 N–H and O–H groups in total.